The third-order valence-corrected chi connectivity index (χ3v) is 5.12. The van der Waals surface area contributed by atoms with Gasteiger partial charge in [-0.25, -0.2) is 14.5 Å². The minimum atomic E-state index is -0.212. The van der Waals surface area contributed by atoms with Crippen molar-refractivity contribution in [2.75, 3.05) is 19.7 Å². The van der Waals surface area contributed by atoms with Crippen molar-refractivity contribution >= 4 is 11.7 Å². The molecule has 0 saturated carbocycles. The lowest BCUT2D eigenvalue weighted by Crippen LogP contribution is -2.37. The van der Waals surface area contributed by atoms with Crippen LogP contribution in [-0.4, -0.2) is 55.5 Å². The number of aromatic nitrogens is 4. The van der Waals surface area contributed by atoms with Crippen LogP contribution in [-0.2, 0) is 24.8 Å². The maximum Gasteiger partial charge on any atom is 0.409 e. The summed E-state index contributed by atoms with van der Waals surface area (Å²) in [5.41, 5.74) is 5.13. The zero-order valence-corrected chi connectivity index (χ0v) is 15.2. The maximum atomic E-state index is 12.0. The quantitative estimate of drug-likeness (QED) is 0.769. The van der Waals surface area contributed by atoms with Gasteiger partial charge in [0.1, 0.15) is 6.33 Å². The number of fused-ring (bicyclic) bond motifs is 2. The predicted molar refractivity (Wildman–Crippen MR) is 96.6 cm³/mol. The lowest BCUT2D eigenvalue weighted by Gasteiger charge is -2.29. The molecule has 0 spiro atoms. The monoisotopic (exact) mass is 359 g/mol. The Balaban J connectivity index is 0.00000196. The highest BCUT2D eigenvalue weighted by atomic mass is 16.6. The van der Waals surface area contributed by atoms with Crippen LogP contribution in [0.5, 0.6) is 0 Å². The molecule has 0 bridgehead atoms. The molecule has 0 unspecified atom stereocenters. The highest BCUT2D eigenvalue weighted by molar-refractivity contribution is 5.81. The van der Waals surface area contributed by atoms with Gasteiger partial charge < -0.3 is 19.7 Å². The van der Waals surface area contributed by atoms with Gasteiger partial charge in [-0.2, -0.15) is 5.10 Å². The summed E-state index contributed by atoms with van der Waals surface area (Å²) in [5.74, 6) is 0.949. The van der Waals surface area contributed by atoms with E-state index in [1.165, 1.54) is 22.4 Å². The van der Waals surface area contributed by atoms with E-state index in [1.807, 2.05) is 11.6 Å². The summed E-state index contributed by atoms with van der Waals surface area (Å²) in [6, 6.07) is 2.18. The molecule has 4 heterocycles. The third-order valence-electron chi connectivity index (χ3n) is 5.12. The minimum absolute atomic E-state index is 0. The van der Waals surface area contributed by atoms with Crippen molar-refractivity contribution < 1.29 is 15.0 Å². The van der Waals surface area contributed by atoms with E-state index in [0.717, 1.165) is 31.6 Å². The van der Waals surface area contributed by atoms with Crippen LogP contribution in [0.1, 0.15) is 36.8 Å². The SMILES string of the molecule is CCOC(=O)N1CCC(=C2c3ccn(C)c3CCn3ncnc32)CC1.O. The Bertz CT molecular complexity index is 826. The molecule has 0 atom stereocenters. The number of piperidine rings is 1. The fraction of sp³-hybridized carbons (Fsp3) is 0.500. The van der Waals surface area contributed by atoms with Crippen LogP contribution in [0.4, 0.5) is 4.79 Å². The van der Waals surface area contributed by atoms with Crippen LogP contribution in [0.3, 0.4) is 0 Å². The van der Waals surface area contributed by atoms with Crippen molar-refractivity contribution in [3.63, 3.8) is 0 Å². The molecular weight excluding hydrogens is 334 g/mol. The number of carbonyl (C=O) groups is 1. The Morgan fingerprint density at radius 1 is 1.23 bits per heavy atom. The second-order valence-electron chi connectivity index (χ2n) is 6.51. The summed E-state index contributed by atoms with van der Waals surface area (Å²) in [4.78, 5) is 18.3. The summed E-state index contributed by atoms with van der Waals surface area (Å²) >= 11 is 0. The van der Waals surface area contributed by atoms with Crippen LogP contribution >= 0.6 is 0 Å². The van der Waals surface area contributed by atoms with E-state index >= 15 is 0 Å². The Kier molecular flexibility index (Phi) is 5.13. The Morgan fingerprint density at radius 3 is 2.73 bits per heavy atom. The van der Waals surface area contributed by atoms with E-state index in [9.17, 15) is 4.79 Å². The largest absolute Gasteiger partial charge is 0.450 e. The average Bonchev–Trinajstić information content (AvgIpc) is 3.18. The van der Waals surface area contributed by atoms with Crippen LogP contribution in [0.2, 0.25) is 0 Å². The van der Waals surface area contributed by atoms with Gasteiger partial charge in [0, 0.05) is 56.1 Å². The van der Waals surface area contributed by atoms with Crippen molar-refractivity contribution in [3.05, 3.63) is 41.2 Å². The molecular formula is C18H25N5O3. The van der Waals surface area contributed by atoms with Crippen LogP contribution in [0.25, 0.3) is 5.57 Å². The van der Waals surface area contributed by atoms with Gasteiger partial charge in [0.2, 0.25) is 0 Å². The molecule has 0 aliphatic carbocycles. The molecule has 2 aliphatic heterocycles. The summed E-state index contributed by atoms with van der Waals surface area (Å²) in [6.45, 7) is 4.47. The molecule has 140 valence electrons. The molecule has 8 nitrogen and oxygen atoms in total. The molecule has 2 aromatic heterocycles. The molecule has 0 aromatic carbocycles. The predicted octanol–water partition coefficient (Wildman–Crippen LogP) is 1.40. The van der Waals surface area contributed by atoms with Gasteiger partial charge in [-0.05, 0) is 25.8 Å². The normalized spacial score (nSPS) is 16.5. The summed E-state index contributed by atoms with van der Waals surface area (Å²) < 4.78 is 9.32. The van der Waals surface area contributed by atoms with Crippen molar-refractivity contribution in [2.24, 2.45) is 7.05 Å². The van der Waals surface area contributed by atoms with Gasteiger partial charge in [-0.15, -0.1) is 0 Å². The van der Waals surface area contributed by atoms with E-state index in [1.54, 1.807) is 11.2 Å². The number of carbonyl (C=O) groups excluding carboxylic acids is 1. The van der Waals surface area contributed by atoms with E-state index in [2.05, 4.69) is 34.0 Å². The fourth-order valence-electron chi connectivity index (χ4n) is 3.83. The topological polar surface area (TPSA) is 96.7 Å². The minimum Gasteiger partial charge on any atom is -0.450 e. The highest BCUT2D eigenvalue weighted by Gasteiger charge is 2.28. The molecule has 2 aromatic rings. The number of amides is 1. The Morgan fingerprint density at radius 2 is 2.00 bits per heavy atom. The van der Waals surface area contributed by atoms with Crippen LogP contribution in [0.15, 0.2) is 24.2 Å². The van der Waals surface area contributed by atoms with Gasteiger partial charge in [0.05, 0.1) is 6.61 Å². The second-order valence-corrected chi connectivity index (χ2v) is 6.51. The molecule has 1 fully saturated rings. The number of hydrogen-bond donors (Lipinski definition) is 0. The van der Waals surface area contributed by atoms with E-state index in [0.29, 0.717) is 19.7 Å². The van der Waals surface area contributed by atoms with Crippen molar-refractivity contribution in [1.82, 2.24) is 24.2 Å². The Labute approximate surface area is 152 Å². The zero-order chi connectivity index (χ0) is 17.4. The number of likely N-dealkylation sites (tertiary alicyclic amines) is 1. The van der Waals surface area contributed by atoms with Crippen molar-refractivity contribution in [3.8, 4) is 0 Å². The van der Waals surface area contributed by atoms with E-state index in [-0.39, 0.29) is 11.6 Å². The number of hydrogen-bond acceptors (Lipinski definition) is 4. The molecule has 2 N–H and O–H groups in total. The van der Waals surface area contributed by atoms with Gasteiger partial charge in [0.25, 0.3) is 0 Å². The summed E-state index contributed by atoms with van der Waals surface area (Å²) in [6.07, 6.45) is 6.17. The molecule has 1 amide bonds. The first-order chi connectivity index (χ1) is 12.2. The first kappa shape index (κ1) is 18.2. The smallest absolute Gasteiger partial charge is 0.409 e. The maximum absolute atomic E-state index is 12.0. The van der Waals surface area contributed by atoms with Gasteiger partial charge >= 0.3 is 6.09 Å². The summed E-state index contributed by atoms with van der Waals surface area (Å²) in [5, 5.41) is 4.40. The zero-order valence-electron chi connectivity index (χ0n) is 15.2. The highest BCUT2D eigenvalue weighted by Crippen LogP contribution is 2.35. The molecule has 2 aliphatic rings. The van der Waals surface area contributed by atoms with Crippen LogP contribution in [0, 0.1) is 0 Å². The van der Waals surface area contributed by atoms with E-state index in [4.69, 9.17) is 4.74 Å². The molecule has 4 rings (SSSR count). The van der Waals surface area contributed by atoms with Gasteiger partial charge in [-0.1, -0.05) is 5.57 Å². The average molecular weight is 359 g/mol. The molecule has 8 heteroatoms. The fourth-order valence-corrected chi connectivity index (χ4v) is 3.83. The molecule has 0 radical (unpaired) electrons. The second kappa shape index (κ2) is 7.33. The van der Waals surface area contributed by atoms with E-state index < -0.39 is 0 Å². The standard InChI is InChI=1S/C18H23N5O2.H2O/c1-3-25-18(24)22-9-4-13(5-10-22)16-14-6-8-21(2)15(14)7-11-23-17(16)19-12-20-23;/h6,8,12H,3-5,7,9-11H2,1-2H3;1H2. The Hall–Kier alpha value is -2.61. The first-order valence-electron chi connectivity index (χ1n) is 8.85. The van der Waals surface area contributed by atoms with Gasteiger partial charge in [0.15, 0.2) is 5.82 Å². The van der Waals surface area contributed by atoms with Crippen molar-refractivity contribution in [1.29, 1.82) is 0 Å². The van der Waals surface area contributed by atoms with Crippen molar-refractivity contribution in [2.45, 2.75) is 32.7 Å². The number of rotatable bonds is 1. The van der Waals surface area contributed by atoms with Crippen LogP contribution < -0.4 is 0 Å². The molecule has 26 heavy (non-hydrogen) atoms. The number of aryl methyl sites for hydroxylation is 2. The first-order valence-corrected chi connectivity index (χ1v) is 8.85. The number of nitrogens with zero attached hydrogens (tertiary/aromatic N) is 5. The van der Waals surface area contributed by atoms with Gasteiger partial charge in [-0.3, -0.25) is 0 Å². The summed E-state index contributed by atoms with van der Waals surface area (Å²) in [7, 11) is 2.09. The molecule has 1 saturated heterocycles. The lowest BCUT2D eigenvalue weighted by molar-refractivity contribution is 0.104. The number of ether oxygens (including phenoxy) is 1. The lowest BCUT2D eigenvalue weighted by atomic mass is 9.92. The third kappa shape index (κ3) is 3.01.